The molecule has 0 spiro atoms. The van der Waals surface area contributed by atoms with E-state index in [1.54, 1.807) is 42.5 Å². The Bertz CT molecular complexity index is 1080. The van der Waals surface area contributed by atoms with Crippen molar-refractivity contribution in [1.82, 2.24) is 0 Å². The van der Waals surface area contributed by atoms with E-state index in [1.165, 1.54) is 0 Å². The van der Waals surface area contributed by atoms with Gasteiger partial charge >= 0.3 is 14.5 Å². The third-order valence-electron chi connectivity index (χ3n) is 6.13. The predicted molar refractivity (Wildman–Crippen MR) is 167 cm³/mol. The second kappa shape index (κ2) is 14.8. The number of hydrogen-bond acceptors (Lipinski definition) is 6. The van der Waals surface area contributed by atoms with Crippen LogP contribution in [0.5, 0.6) is 17.2 Å². The average Bonchev–Trinajstić information content (AvgIpc) is 2.86. The number of carbonyl (C=O) groups excluding carboxylic acids is 1. The minimum atomic E-state index is -2.31. The largest absolute Gasteiger partial charge is 0.494 e. The Hall–Kier alpha value is -2.44. The molecule has 9 heteroatoms. The summed E-state index contributed by atoms with van der Waals surface area (Å²) in [6.07, 6.45) is 4.77. The second-order valence-corrected chi connectivity index (χ2v) is 23.3. The molecule has 0 atom stereocenters. The van der Waals surface area contributed by atoms with Crippen LogP contribution in [0.3, 0.4) is 0 Å². The Morgan fingerprint density at radius 2 is 1.31 bits per heavy atom. The molecule has 2 aromatic rings. The fraction of sp³-hybridized carbons (Fsp3) is 0.433. The lowest BCUT2D eigenvalue weighted by Crippen LogP contribution is -2.52. The molecule has 0 heterocycles. The summed E-state index contributed by atoms with van der Waals surface area (Å²) in [5, 5.41) is 0.987. The molecule has 39 heavy (non-hydrogen) atoms. The van der Waals surface area contributed by atoms with Crippen LogP contribution in [0.2, 0.25) is 45.3 Å². The van der Waals surface area contributed by atoms with Crippen LogP contribution in [-0.2, 0) is 8.23 Å². The first kappa shape index (κ1) is 32.8. The molecule has 0 aliphatic rings. The lowest BCUT2D eigenvalue weighted by atomic mass is 10.2. The summed E-state index contributed by atoms with van der Waals surface area (Å²) in [7, 11) is -6.33. The highest BCUT2D eigenvalue weighted by molar-refractivity contribution is 6.90. The number of carbonyl (C=O) groups is 1. The van der Waals surface area contributed by atoms with Crippen molar-refractivity contribution in [3.05, 3.63) is 78.5 Å². The Labute approximate surface area is 238 Å². The molecule has 0 fully saturated rings. The Morgan fingerprint density at radius 3 is 1.85 bits per heavy atom. The van der Waals surface area contributed by atoms with Gasteiger partial charge in [0.25, 0.3) is 0 Å². The van der Waals surface area contributed by atoms with Crippen LogP contribution in [0.1, 0.15) is 36.5 Å². The Morgan fingerprint density at radius 1 is 0.795 bits per heavy atom. The third kappa shape index (κ3) is 11.7. The molecule has 0 radical (unpaired) electrons. The van der Waals surface area contributed by atoms with E-state index in [0.29, 0.717) is 30.3 Å². The van der Waals surface area contributed by atoms with Crippen LogP contribution in [-0.4, -0.2) is 44.4 Å². The quantitative estimate of drug-likeness (QED) is 0.0611. The van der Waals surface area contributed by atoms with Crippen LogP contribution < -0.4 is 14.2 Å². The SMILES string of the molecule is C=CC(=C)[Si](C)(C)O[Si](C)(C)O[Si](C)(C)CCCOc1ccc(C(=O)Oc2ccc(OCCCC)cc2)cc1. The monoisotopic (exact) mass is 586 g/mol. The van der Waals surface area contributed by atoms with Gasteiger partial charge in [0.15, 0.2) is 8.32 Å². The van der Waals surface area contributed by atoms with Gasteiger partial charge in [0.1, 0.15) is 17.2 Å². The van der Waals surface area contributed by atoms with Crippen LogP contribution in [0.4, 0.5) is 0 Å². The molecule has 0 aliphatic heterocycles. The zero-order valence-corrected chi connectivity index (χ0v) is 27.8. The van der Waals surface area contributed by atoms with Crippen molar-refractivity contribution in [3.8, 4) is 17.2 Å². The number of ether oxygens (including phenoxy) is 3. The number of benzene rings is 2. The van der Waals surface area contributed by atoms with Crippen molar-refractivity contribution in [2.24, 2.45) is 0 Å². The predicted octanol–water partition coefficient (Wildman–Crippen LogP) is 8.28. The van der Waals surface area contributed by atoms with Crippen molar-refractivity contribution < 1.29 is 27.2 Å². The summed E-state index contributed by atoms with van der Waals surface area (Å²) in [6, 6.07) is 15.1. The van der Waals surface area contributed by atoms with Crippen LogP contribution in [0, 0.1) is 0 Å². The molecule has 2 aromatic carbocycles. The van der Waals surface area contributed by atoms with E-state index < -0.39 is 31.2 Å². The van der Waals surface area contributed by atoms with Gasteiger partial charge in [-0.1, -0.05) is 32.6 Å². The van der Waals surface area contributed by atoms with E-state index in [4.69, 9.17) is 22.4 Å². The Balaban J connectivity index is 1.79. The summed E-state index contributed by atoms with van der Waals surface area (Å²) in [5.74, 6) is 1.55. The van der Waals surface area contributed by atoms with Gasteiger partial charge in [0.2, 0.25) is 8.32 Å². The number of rotatable bonds is 17. The number of esters is 1. The summed E-state index contributed by atoms with van der Waals surface area (Å²) in [6.45, 7) is 24.3. The lowest BCUT2D eigenvalue weighted by molar-refractivity contribution is 0.0734. The van der Waals surface area contributed by atoms with Crippen LogP contribution in [0.15, 0.2) is 73.0 Å². The molecule has 0 unspecified atom stereocenters. The summed E-state index contributed by atoms with van der Waals surface area (Å²) in [4.78, 5) is 12.5. The molecular weight excluding hydrogens is 541 g/mol. The maximum atomic E-state index is 12.5. The molecule has 214 valence electrons. The van der Waals surface area contributed by atoms with Crippen molar-refractivity contribution in [1.29, 1.82) is 0 Å². The molecule has 2 rings (SSSR count). The van der Waals surface area contributed by atoms with Gasteiger partial charge in [0.05, 0.1) is 18.8 Å². The van der Waals surface area contributed by atoms with E-state index >= 15 is 0 Å². The van der Waals surface area contributed by atoms with Gasteiger partial charge < -0.3 is 22.4 Å². The Kier molecular flexibility index (Phi) is 12.4. The number of unbranched alkanes of at least 4 members (excludes halogenated alkanes) is 1. The van der Waals surface area contributed by atoms with Gasteiger partial charge in [-0.25, -0.2) is 4.79 Å². The van der Waals surface area contributed by atoms with Gasteiger partial charge in [-0.15, -0.1) is 0 Å². The zero-order valence-electron chi connectivity index (χ0n) is 24.8. The van der Waals surface area contributed by atoms with Gasteiger partial charge in [-0.05, 0) is 112 Å². The first-order valence-corrected chi connectivity index (χ1v) is 22.5. The molecule has 0 saturated carbocycles. The maximum Gasteiger partial charge on any atom is 0.343 e. The van der Waals surface area contributed by atoms with E-state index in [9.17, 15) is 4.79 Å². The fourth-order valence-electron chi connectivity index (χ4n) is 4.14. The normalized spacial score (nSPS) is 12.1. The molecule has 0 saturated heterocycles. The first-order chi connectivity index (χ1) is 18.3. The summed E-state index contributed by atoms with van der Waals surface area (Å²) >= 11 is 0. The molecule has 0 N–H and O–H groups in total. The minimum absolute atomic E-state index is 0.414. The van der Waals surface area contributed by atoms with E-state index in [-0.39, 0.29) is 0 Å². The topological polar surface area (TPSA) is 63.2 Å². The number of hydrogen-bond donors (Lipinski definition) is 0. The molecule has 0 bridgehead atoms. The minimum Gasteiger partial charge on any atom is -0.494 e. The maximum absolute atomic E-state index is 12.5. The highest BCUT2D eigenvalue weighted by Crippen LogP contribution is 2.27. The van der Waals surface area contributed by atoms with Crippen molar-refractivity contribution >= 4 is 31.2 Å². The molecule has 0 amide bonds. The van der Waals surface area contributed by atoms with Crippen LogP contribution >= 0.6 is 0 Å². The first-order valence-electron chi connectivity index (χ1n) is 13.7. The van der Waals surface area contributed by atoms with Gasteiger partial charge in [0, 0.05) is 0 Å². The van der Waals surface area contributed by atoms with E-state index in [2.05, 4.69) is 59.4 Å². The van der Waals surface area contributed by atoms with E-state index in [1.807, 2.05) is 12.1 Å². The molecular formula is C30H46O6Si3. The van der Waals surface area contributed by atoms with Crippen molar-refractivity contribution in [2.45, 2.75) is 71.5 Å². The smallest absolute Gasteiger partial charge is 0.343 e. The molecule has 0 aromatic heterocycles. The standard InChI is InChI=1S/C30H46O6Si3/c1-10-12-22-32-28-18-20-29(21-19-28)34-30(31)26-14-16-27(17-15-26)33-23-13-24-37(4,5)35-39(8,9)36-38(6,7)25(3)11-2/h11,14-21H,2-3,10,12-13,22-24H2,1,4-9H3. The average molecular weight is 587 g/mol. The highest BCUT2D eigenvalue weighted by atomic mass is 28.5. The van der Waals surface area contributed by atoms with Crippen LogP contribution in [0.25, 0.3) is 0 Å². The molecule has 6 nitrogen and oxygen atoms in total. The van der Waals surface area contributed by atoms with Crippen molar-refractivity contribution in [2.75, 3.05) is 13.2 Å². The summed E-state index contributed by atoms with van der Waals surface area (Å²) < 4.78 is 30.2. The molecule has 0 aliphatic carbocycles. The van der Waals surface area contributed by atoms with E-state index in [0.717, 1.165) is 36.3 Å². The van der Waals surface area contributed by atoms with Crippen molar-refractivity contribution in [3.63, 3.8) is 0 Å². The summed E-state index contributed by atoms with van der Waals surface area (Å²) in [5.41, 5.74) is 0.463. The fourth-order valence-corrected chi connectivity index (χ4v) is 17.3. The van der Waals surface area contributed by atoms with Gasteiger partial charge in [-0.2, -0.15) is 0 Å². The zero-order chi connectivity index (χ0) is 29.1. The lowest BCUT2D eigenvalue weighted by Gasteiger charge is -2.39. The second-order valence-electron chi connectivity index (χ2n) is 11.1. The third-order valence-corrected chi connectivity index (χ3v) is 17.6. The van der Waals surface area contributed by atoms with Gasteiger partial charge in [-0.3, -0.25) is 0 Å². The number of allylic oxidation sites excluding steroid dienone is 2. The highest BCUT2D eigenvalue weighted by Gasteiger charge is 2.40.